The zero-order chi connectivity index (χ0) is 38.1. The average Bonchev–Trinajstić information content (AvgIpc) is 3.90. The van der Waals surface area contributed by atoms with Gasteiger partial charge in [-0.2, -0.15) is 10.2 Å². The Hall–Kier alpha value is -6.14. The van der Waals surface area contributed by atoms with Crippen molar-refractivity contribution in [2.24, 2.45) is 10.2 Å². The van der Waals surface area contributed by atoms with Gasteiger partial charge < -0.3 is 9.47 Å². The molecule has 0 amide bonds. The number of unbranched alkanes of at least 4 members (excludes halogenated alkanes) is 3. The molecule has 0 N–H and O–H groups in total. The summed E-state index contributed by atoms with van der Waals surface area (Å²) >= 11 is 0. The number of nitrogens with zero attached hydrogens (tertiary/aromatic N) is 4. The Kier molecular flexibility index (Phi) is 11.5. The van der Waals surface area contributed by atoms with E-state index in [2.05, 4.69) is 169 Å². The van der Waals surface area contributed by atoms with Crippen LogP contribution in [0.1, 0.15) is 84.0 Å². The fraction of sp³-hybridized carbons (Fsp3) is 0.240. The van der Waals surface area contributed by atoms with Crippen molar-refractivity contribution in [2.75, 3.05) is 23.2 Å². The van der Waals surface area contributed by atoms with Crippen LogP contribution in [0.25, 0.3) is 0 Å². The zero-order valence-electron chi connectivity index (χ0n) is 32.4. The van der Waals surface area contributed by atoms with Crippen molar-refractivity contribution in [1.82, 2.24) is 0 Å². The molecule has 0 saturated heterocycles. The first-order valence-corrected chi connectivity index (χ1v) is 20.0. The van der Waals surface area contributed by atoms with Crippen LogP contribution in [0.3, 0.4) is 0 Å². The molecular weight excluding hydrogens is 689 g/mol. The molecule has 2 atom stereocenters. The third-order valence-electron chi connectivity index (χ3n) is 10.7. The van der Waals surface area contributed by atoms with Crippen molar-refractivity contribution in [2.45, 2.75) is 64.5 Å². The topological polar surface area (TPSA) is 49.7 Å². The number of hydrogen-bond acceptors (Lipinski definition) is 6. The quantitative estimate of drug-likeness (QED) is 0.0985. The molecule has 0 bridgehead atoms. The summed E-state index contributed by atoms with van der Waals surface area (Å²) in [5.74, 6) is 1.79. The lowest BCUT2D eigenvalue weighted by Gasteiger charge is -2.24. The highest BCUT2D eigenvalue weighted by molar-refractivity contribution is 6.06. The van der Waals surface area contributed by atoms with E-state index in [1.165, 1.54) is 22.3 Å². The van der Waals surface area contributed by atoms with Gasteiger partial charge in [-0.15, -0.1) is 0 Å². The van der Waals surface area contributed by atoms with Gasteiger partial charge in [0.25, 0.3) is 0 Å². The monoisotopic (exact) mass is 738 g/mol. The van der Waals surface area contributed by atoms with E-state index in [1.807, 2.05) is 12.1 Å². The summed E-state index contributed by atoms with van der Waals surface area (Å²) in [6, 6.07) is 55.5. The van der Waals surface area contributed by atoms with Crippen LogP contribution in [0, 0.1) is 13.8 Å². The summed E-state index contributed by atoms with van der Waals surface area (Å²) in [5.41, 5.74) is 11.5. The van der Waals surface area contributed by atoms with E-state index in [4.69, 9.17) is 19.7 Å². The van der Waals surface area contributed by atoms with Crippen LogP contribution in [-0.4, -0.2) is 24.6 Å². The summed E-state index contributed by atoms with van der Waals surface area (Å²) in [5, 5.41) is 14.7. The first-order valence-electron chi connectivity index (χ1n) is 20.0. The minimum atomic E-state index is 0.126. The molecule has 2 unspecified atom stereocenters. The normalized spacial score (nSPS) is 16.5. The van der Waals surface area contributed by atoms with E-state index >= 15 is 0 Å². The highest BCUT2D eigenvalue weighted by atomic mass is 16.5. The summed E-state index contributed by atoms with van der Waals surface area (Å²) in [7, 11) is 0. The molecule has 6 nitrogen and oxygen atoms in total. The predicted molar refractivity (Wildman–Crippen MR) is 230 cm³/mol. The molecule has 8 rings (SSSR count). The van der Waals surface area contributed by atoms with Gasteiger partial charge in [0.05, 0.1) is 48.1 Å². The Morgan fingerprint density at radius 1 is 0.446 bits per heavy atom. The lowest BCUT2D eigenvalue weighted by atomic mass is 9.97. The molecule has 0 spiro atoms. The fourth-order valence-corrected chi connectivity index (χ4v) is 7.66. The van der Waals surface area contributed by atoms with Crippen molar-refractivity contribution < 1.29 is 9.47 Å². The summed E-state index contributed by atoms with van der Waals surface area (Å²) in [6.45, 7) is 5.59. The SMILES string of the molecule is Cc1ccc(C2CC(c3ccccc3OCCCCCCOc3ccccc3C3=NN(c4ccccc4)C(c4ccc(C)cc4)C3)=NN2c2ccccc2)cc1. The number of anilines is 2. The highest BCUT2D eigenvalue weighted by Crippen LogP contribution is 2.40. The van der Waals surface area contributed by atoms with Crippen LogP contribution in [0.4, 0.5) is 11.4 Å². The molecule has 6 aromatic rings. The van der Waals surface area contributed by atoms with Crippen molar-refractivity contribution in [3.63, 3.8) is 0 Å². The van der Waals surface area contributed by atoms with Gasteiger partial charge in [0.1, 0.15) is 11.5 Å². The first-order chi connectivity index (χ1) is 27.6. The Morgan fingerprint density at radius 2 is 0.821 bits per heavy atom. The third-order valence-corrected chi connectivity index (χ3v) is 10.7. The van der Waals surface area contributed by atoms with E-state index in [0.29, 0.717) is 13.2 Å². The van der Waals surface area contributed by atoms with Gasteiger partial charge in [0, 0.05) is 24.0 Å². The predicted octanol–water partition coefficient (Wildman–Crippen LogP) is 12.0. The van der Waals surface area contributed by atoms with E-state index < -0.39 is 0 Å². The van der Waals surface area contributed by atoms with Crippen molar-refractivity contribution in [1.29, 1.82) is 0 Å². The Balaban J connectivity index is 0.848. The molecule has 6 heteroatoms. The molecular formula is C50H50N4O2. The van der Waals surface area contributed by atoms with Crippen LogP contribution in [-0.2, 0) is 0 Å². The molecule has 0 aromatic heterocycles. The number of hydrazone groups is 2. The molecule has 56 heavy (non-hydrogen) atoms. The largest absolute Gasteiger partial charge is 0.493 e. The fourth-order valence-electron chi connectivity index (χ4n) is 7.66. The van der Waals surface area contributed by atoms with Crippen LogP contribution in [0.2, 0.25) is 0 Å². The first kappa shape index (κ1) is 36.8. The van der Waals surface area contributed by atoms with Gasteiger partial charge in [-0.25, -0.2) is 0 Å². The molecule has 0 radical (unpaired) electrons. The van der Waals surface area contributed by atoms with Crippen LogP contribution in [0.5, 0.6) is 11.5 Å². The van der Waals surface area contributed by atoms with Crippen molar-refractivity contribution >= 4 is 22.8 Å². The zero-order valence-corrected chi connectivity index (χ0v) is 32.4. The molecule has 2 aliphatic heterocycles. The van der Waals surface area contributed by atoms with Crippen LogP contribution < -0.4 is 19.5 Å². The molecule has 6 aromatic carbocycles. The number of benzene rings is 6. The second-order valence-corrected chi connectivity index (χ2v) is 14.8. The summed E-state index contributed by atoms with van der Waals surface area (Å²) in [4.78, 5) is 0. The molecule has 282 valence electrons. The number of ether oxygens (including phenoxy) is 2. The third kappa shape index (κ3) is 8.55. The average molecular weight is 739 g/mol. The van der Waals surface area contributed by atoms with Gasteiger partial charge in [0.15, 0.2) is 0 Å². The number of aryl methyl sites for hydroxylation is 2. The van der Waals surface area contributed by atoms with Gasteiger partial charge in [-0.1, -0.05) is 120 Å². The minimum absolute atomic E-state index is 0.126. The Morgan fingerprint density at radius 3 is 1.23 bits per heavy atom. The second-order valence-electron chi connectivity index (χ2n) is 14.8. The van der Waals surface area contributed by atoms with E-state index in [-0.39, 0.29) is 12.1 Å². The van der Waals surface area contributed by atoms with Gasteiger partial charge in [0.2, 0.25) is 0 Å². The smallest absolute Gasteiger partial charge is 0.128 e. The van der Waals surface area contributed by atoms with Crippen molar-refractivity contribution in [3.05, 3.63) is 191 Å². The standard InChI is InChI=1S/C50H50N4O2/c1-37-25-29-39(30-26-37)47-35-45(51-53(47)41-17-7-5-8-18-41)43-21-11-13-23-49(43)55-33-15-3-4-16-34-56-50-24-14-12-22-44(50)46-36-48(40-31-27-38(2)28-32-40)54(52-46)42-19-9-6-10-20-42/h5-14,17-32,47-48H,3-4,15-16,33-36H2,1-2H3. The Labute approximate surface area is 331 Å². The van der Waals surface area contributed by atoms with Crippen LogP contribution in [0.15, 0.2) is 168 Å². The summed E-state index contributed by atoms with van der Waals surface area (Å²) in [6.07, 6.45) is 5.73. The van der Waals surface area contributed by atoms with E-state index in [9.17, 15) is 0 Å². The lowest BCUT2D eigenvalue weighted by molar-refractivity contribution is 0.287. The maximum Gasteiger partial charge on any atom is 0.128 e. The molecule has 2 aliphatic rings. The number of para-hydroxylation sites is 4. The van der Waals surface area contributed by atoms with Crippen LogP contribution >= 0.6 is 0 Å². The second kappa shape index (κ2) is 17.5. The van der Waals surface area contributed by atoms with Crippen molar-refractivity contribution in [3.8, 4) is 11.5 Å². The molecule has 0 saturated carbocycles. The van der Waals surface area contributed by atoms with Gasteiger partial charge >= 0.3 is 0 Å². The minimum Gasteiger partial charge on any atom is -0.493 e. The van der Waals surface area contributed by atoms with Gasteiger partial charge in [-0.3, -0.25) is 10.0 Å². The highest BCUT2D eigenvalue weighted by Gasteiger charge is 2.32. The molecule has 0 fully saturated rings. The molecule has 2 heterocycles. The lowest BCUT2D eigenvalue weighted by Crippen LogP contribution is -2.18. The maximum atomic E-state index is 6.43. The number of rotatable bonds is 15. The van der Waals surface area contributed by atoms with E-state index in [0.717, 1.165) is 83.9 Å². The molecule has 0 aliphatic carbocycles. The number of hydrogen-bond donors (Lipinski definition) is 0. The maximum absolute atomic E-state index is 6.43. The Bertz CT molecular complexity index is 2090. The van der Waals surface area contributed by atoms with E-state index in [1.54, 1.807) is 0 Å². The summed E-state index contributed by atoms with van der Waals surface area (Å²) < 4.78 is 12.9. The van der Waals surface area contributed by atoms with Gasteiger partial charge in [-0.05, 0) is 99.2 Å².